The number of nitrogens with one attached hydrogen (secondary N) is 1. The molecule has 2 saturated heterocycles. The Morgan fingerprint density at radius 3 is 2.40 bits per heavy atom. The molecule has 0 unspecified atom stereocenters. The Kier molecular flexibility index (Phi) is 10.1. The van der Waals surface area contributed by atoms with Crippen molar-refractivity contribution in [1.82, 2.24) is 15.1 Å². The molecule has 10 nitrogen and oxygen atoms in total. The number of aliphatic hydroxyl groups excluding tert-OH is 1. The summed E-state index contributed by atoms with van der Waals surface area (Å²) in [6, 6.07) is 7.37. The van der Waals surface area contributed by atoms with Crippen LogP contribution in [0.15, 0.2) is 53.0 Å². The van der Waals surface area contributed by atoms with Gasteiger partial charge in [-0.1, -0.05) is 86.1 Å². The number of benzene rings is 1. The van der Waals surface area contributed by atoms with E-state index in [1.165, 1.54) is 4.90 Å². The van der Waals surface area contributed by atoms with Crippen LogP contribution in [0.5, 0.6) is 0 Å². The van der Waals surface area contributed by atoms with Crippen LogP contribution in [0.4, 0.5) is 0 Å². The predicted molar refractivity (Wildman–Crippen MR) is 180 cm³/mol. The van der Waals surface area contributed by atoms with Gasteiger partial charge in [0.2, 0.25) is 17.7 Å². The fourth-order valence-electron chi connectivity index (χ4n) is 8.11. The topological polar surface area (TPSA) is 125 Å². The average Bonchev–Trinajstić information content (AvgIpc) is 3.59. The molecule has 3 amide bonds. The lowest BCUT2D eigenvalue weighted by Crippen LogP contribution is -2.62. The molecule has 256 valence electrons. The first-order valence-corrected chi connectivity index (χ1v) is 17.4. The normalized spacial score (nSPS) is 31.7. The number of fused-ring (bicyclic) bond motifs is 2. The van der Waals surface area contributed by atoms with Gasteiger partial charge in [0.05, 0.1) is 25.1 Å². The number of allylic oxidation sites excluding steroid dienone is 1. The fraction of sp³-hybridized carbons (Fsp3) is 0.611. The molecular formula is C36H48BrN3O7. The molecule has 0 aromatic heterocycles. The predicted octanol–water partition coefficient (Wildman–Crippen LogP) is 4.42. The van der Waals surface area contributed by atoms with E-state index in [9.17, 15) is 19.5 Å². The number of hydrogen-bond acceptors (Lipinski definition) is 7. The molecule has 0 radical (unpaired) electrons. The zero-order valence-corrected chi connectivity index (χ0v) is 29.8. The molecule has 4 aliphatic rings. The van der Waals surface area contributed by atoms with E-state index in [4.69, 9.17) is 9.47 Å². The van der Waals surface area contributed by atoms with Crippen LogP contribution in [0.25, 0.3) is 0 Å². The largest absolute Gasteiger partial charge is 0.455 e. The highest BCUT2D eigenvalue weighted by Gasteiger charge is 2.75. The van der Waals surface area contributed by atoms with Gasteiger partial charge in [0, 0.05) is 23.0 Å². The van der Waals surface area contributed by atoms with E-state index in [1.54, 1.807) is 11.0 Å². The van der Waals surface area contributed by atoms with Crippen molar-refractivity contribution in [2.75, 3.05) is 19.7 Å². The molecule has 5 rings (SSSR count). The van der Waals surface area contributed by atoms with Crippen LogP contribution in [0.1, 0.15) is 78.9 Å². The number of rotatable bonds is 6. The van der Waals surface area contributed by atoms with Crippen molar-refractivity contribution in [2.24, 2.45) is 17.3 Å². The molecule has 4 heterocycles. The average molecular weight is 715 g/mol. The van der Waals surface area contributed by atoms with Gasteiger partial charge in [0.15, 0.2) is 0 Å². The molecule has 2 fully saturated rings. The minimum Gasteiger partial charge on any atom is -0.455 e. The maximum Gasteiger partial charge on any atom is 0.313 e. The zero-order chi connectivity index (χ0) is 34.3. The summed E-state index contributed by atoms with van der Waals surface area (Å²) >= 11 is 3.61. The van der Waals surface area contributed by atoms with Crippen molar-refractivity contribution in [3.8, 4) is 0 Å². The minimum atomic E-state index is -1.45. The van der Waals surface area contributed by atoms with Gasteiger partial charge in [-0.15, -0.1) is 0 Å². The molecule has 4 aliphatic heterocycles. The lowest BCUT2D eigenvalue weighted by atomic mass is 9.74. The number of ether oxygens (including phenoxy) is 2. The number of cyclic esters (lactones) is 1. The molecule has 0 saturated carbocycles. The maximum atomic E-state index is 15.1. The number of carbonyl (C=O) groups is 4. The third kappa shape index (κ3) is 6.68. The van der Waals surface area contributed by atoms with Crippen molar-refractivity contribution in [3.63, 3.8) is 0 Å². The van der Waals surface area contributed by atoms with Crippen molar-refractivity contribution in [2.45, 2.75) is 103 Å². The van der Waals surface area contributed by atoms with Gasteiger partial charge >= 0.3 is 5.97 Å². The number of halogens is 1. The molecule has 1 aromatic carbocycles. The van der Waals surface area contributed by atoms with Crippen LogP contribution >= 0.6 is 15.9 Å². The minimum absolute atomic E-state index is 0.0573. The number of aliphatic hydroxyl groups is 1. The van der Waals surface area contributed by atoms with E-state index in [0.717, 1.165) is 0 Å². The van der Waals surface area contributed by atoms with Crippen LogP contribution < -0.4 is 5.32 Å². The van der Waals surface area contributed by atoms with Gasteiger partial charge in [0.1, 0.15) is 29.8 Å². The Balaban J connectivity index is 1.65. The highest BCUT2D eigenvalue weighted by Crippen LogP contribution is 2.59. The second-order valence-electron chi connectivity index (χ2n) is 15.0. The summed E-state index contributed by atoms with van der Waals surface area (Å²) in [4.78, 5) is 60.1. The summed E-state index contributed by atoms with van der Waals surface area (Å²) in [5.74, 6) is -3.66. The zero-order valence-electron chi connectivity index (χ0n) is 28.2. The first-order valence-electron chi connectivity index (χ1n) is 16.6. The van der Waals surface area contributed by atoms with E-state index >= 15 is 4.79 Å². The van der Waals surface area contributed by atoms with Gasteiger partial charge in [-0.2, -0.15) is 0 Å². The third-order valence-electron chi connectivity index (χ3n) is 9.81. The maximum absolute atomic E-state index is 15.1. The molecule has 1 spiro atoms. The monoisotopic (exact) mass is 713 g/mol. The Labute approximate surface area is 286 Å². The van der Waals surface area contributed by atoms with E-state index in [0.29, 0.717) is 29.3 Å². The van der Waals surface area contributed by atoms with E-state index < -0.39 is 59.1 Å². The van der Waals surface area contributed by atoms with Crippen LogP contribution in [0, 0.1) is 17.3 Å². The second-order valence-corrected chi connectivity index (χ2v) is 15.9. The Bertz CT molecular complexity index is 1430. The smallest absolute Gasteiger partial charge is 0.313 e. The van der Waals surface area contributed by atoms with Crippen LogP contribution in [0.2, 0.25) is 0 Å². The number of hydrogen-bond donors (Lipinski definition) is 2. The molecule has 11 heteroatoms. The van der Waals surface area contributed by atoms with E-state index in [1.807, 2.05) is 63.3 Å². The molecule has 47 heavy (non-hydrogen) atoms. The Morgan fingerprint density at radius 1 is 1.06 bits per heavy atom. The summed E-state index contributed by atoms with van der Waals surface area (Å²) in [6.45, 7) is 12.2. The standard InChI is InChI=1S/C36H48BrN3O7/c1-7-23(20-41)40-30-32(44)39(35(5,6)21-34(2,3)4)17-13-9-12-16-26(42)38-19-25(22-14-10-8-11-15-22)46-33(45)27-28(31(40)43)36(30)18-24(37)29(27)47-36/h8-11,13-15,18,23,25,27-30,41H,7,12,16-17,19-21H2,1-6H3,(H,38,42)/b13-9-/t23-,25-,27-,28+,29-,30-,36+/m0/s1. The van der Waals surface area contributed by atoms with E-state index in [2.05, 4.69) is 42.0 Å². The number of likely N-dealkylation sites (tertiary alicyclic amines) is 1. The fourth-order valence-corrected chi connectivity index (χ4v) is 8.85. The van der Waals surface area contributed by atoms with Gasteiger partial charge in [-0.25, -0.2) is 0 Å². The van der Waals surface area contributed by atoms with Gasteiger partial charge in [0.25, 0.3) is 0 Å². The third-order valence-corrected chi connectivity index (χ3v) is 10.5. The van der Waals surface area contributed by atoms with Gasteiger partial charge < -0.3 is 29.7 Å². The van der Waals surface area contributed by atoms with Gasteiger partial charge in [-0.05, 0) is 50.2 Å². The number of amides is 3. The number of esters is 1. The molecule has 5 bridgehead atoms. The Morgan fingerprint density at radius 2 is 1.77 bits per heavy atom. The number of carbonyl (C=O) groups excluding carboxylic acids is 4. The summed E-state index contributed by atoms with van der Waals surface area (Å²) in [5.41, 5.74) is -1.53. The van der Waals surface area contributed by atoms with Crippen LogP contribution in [0.3, 0.4) is 0 Å². The quantitative estimate of drug-likeness (QED) is 0.330. The summed E-state index contributed by atoms with van der Waals surface area (Å²) in [6.07, 6.45) is 5.68. The summed E-state index contributed by atoms with van der Waals surface area (Å²) in [7, 11) is 0. The SMILES string of the molecule is CC[C@@H](CO)N1C(=O)[C@H]2[C@@H]3C(=O)O[C@H](c4ccccc4)CNC(=O)CC/C=C\CN(C(C)(C)CC(C)(C)C)C(=O)[C@H]1[C@@]21C=C(Br)[C@@H]3O1. The van der Waals surface area contributed by atoms with Crippen LogP contribution in [-0.4, -0.2) is 87.6 Å². The van der Waals surface area contributed by atoms with Crippen LogP contribution in [-0.2, 0) is 28.7 Å². The van der Waals surface area contributed by atoms with E-state index in [-0.39, 0.29) is 43.3 Å². The summed E-state index contributed by atoms with van der Waals surface area (Å²) in [5, 5.41) is 13.4. The first-order chi connectivity index (χ1) is 22.1. The molecule has 0 aliphatic carbocycles. The number of nitrogens with zero attached hydrogens (tertiary/aromatic N) is 2. The molecule has 1 aromatic rings. The van der Waals surface area contributed by atoms with Crippen molar-refractivity contribution < 1.29 is 33.8 Å². The lowest BCUT2D eigenvalue weighted by Gasteiger charge is -2.46. The molecular weight excluding hydrogens is 666 g/mol. The lowest BCUT2D eigenvalue weighted by molar-refractivity contribution is -0.161. The van der Waals surface area contributed by atoms with Crippen molar-refractivity contribution >= 4 is 39.6 Å². The molecule has 2 N–H and O–H groups in total. The molecule has 7 atom stereocenters. The Hall–Kier alpha value is -3.02. The first kappa shape index (κ1) is 35.3. The van der Waals surface area contributed by atoms with Crippen molar-refractivity contribution in [3.05, 3.63) is 58.6 Å². The second kappa shape index (κ2) is 13.5. The summed E-state index contributed by atoms with van der Waals surface area (Å²) < 4.78 is 13.4. The highest BCUT2D eigenvalue weighted by atomic mass is 79.9. The highest BCUT2D eigenvalue weighted by molar-refractivity contribution is 9.11. The van der Waals surface area contributed by atoms with Gasteiger partial charge in [-0.3, -0.25) is 19.2 Å². The van der Waals surface area contributed by atoms with Crippen molar-refractivity contribution in [1.29, 1.82) is 0 Å².